The number of aromatic nitrogens is 2. The van der Waals surface area contributed by atoms with Gasteiger partial charge in [0.1, 0.15) is 0 Å². The number of ether oxygens (including phenoxy) is 1. The standard InChI is InChI=1S/C15H18N2O/c1-12-10-13(6-7-16-12)15-5-2-8-17(15)14-4-3-9-18-11-14/h2,5-8,10,14H,3-4,9,11H2,1H3/t14-/m0/s1. The minimum absolute atomic E-state index is 0.470. The number of nitrogens with zero attached hydrogens (tertiary/aromatic N) is 2. The van der Waals surface area contributed by atoms with E-state index >= 15 is 0 Å². The Morgan fingerprint density at radius 1 is 1.39 bits per heavy atom. The quantitative estimate of drug-likeness (QED) is 0.808. The molecule has 94 valence electrons. The van der Waals surface area contributed by atoms with Crippen LogP contribution in [0.4, 0.5) is 0 Å². The highest BCUT2D eigenvalue weighted by atomic mass is 16.5. The highest BCUT2D eigenvalue weighted by Crippen LogP contribution is 2.28. The molecule has 1 aliphatic rings. The topological polar surface area (TPSA) is 27.1 Å². The molecule has 0 spiro atoms. The first kappa shape index (κ1) is 11.5. The van der Waals surface area contributed by atoms with E-state index in [1.165, 1.54) is 17.7 Å². The zero-order valence-corrected chi connectivity index (χ0v) is 10.7. The van der Waals surface area contributed by atoms with E-state index < -0.39 is 0 Å². The van der Waals surface area contributed by atoms with Gasteiger partial charge in [0.2, 0.25) is 0 Å². The monoisotopic (exact) mass is 242 g/mol. The van der Waals surface area contributed by atoms with Crippen LogP contribution in [-0.2, 0) is 4.74 Å². The second-order valence-electron chi connectivity index (χ2n) is 4.86. The van der Waals surface area contributed by atoms with Gasteiger partial charge >= 0.3 is 0 Å². The van der Waals surface area contributed by atoms with Crippen molar-refractivity contribution in [3.63, 3.8) is 0 Å². The molecule has 3 nitrogen and oxygen atoms in total. The molecular formula is C15H18N2O. The Kier molecular flexibility index (Phi) is 3.15. The first-order chi connectivity index (χ1) is 8.84. The number of hydrogen-bond donors (Lipinski definition) is 0. The lowest BCUT2D eigenvalue weighted by molar-refractivity contribution is 0.0598. The van der Waals surface area contributed by atoms with Crippen LogP contribution < -0.4 is 0 Å². The summed E-state index contributed by atoms with van der Waals surface area (Å²) >= 11 is 0. The third-order valence-corrected chi connectivity index (χ3v) is 3.50. The highest BCUT2D eigenvalue weighted by molar-refractivity contribution is 5.60. The first-order valence-electron chi connectivity index (χ1n) is 6.52. The Morgan fingerprint density at radius 2 is 2.33 bits per heavy atom. The van der Waals surface area contributed by atoms with Gasteiger partial charge in [-0.1, -0.05) is 0 Å². The summed E-state index contributed by atoms with van der Waals surface area (Å²) in [6.45, 7) is 3.76. The lowest BCUT2D eigenvalue weighted by atomic mass is 10.1. The smallest absolute Gasteiger partial charge is 0.0673 e. The van der Waals surface area contributed by atoms with Crippen LogP contribution in [0.5, 0.6) is 0 Å². The Bertz CT molecular complexity index is 527. The molecule has 1 aliphatic heterocycles. The maximum atomic E-state index is 5.59. The molecule has 0 N–H and O–H groups in total. The van der Waals surface area contributed by atoms with Crippen LogP contribution in [0, 0.1) is 6.92 Å². The average molecular weight is 242 g/mol. The molecule has 1 fully saturated rings. The Morgan fingerprint density at radius 3 is 3.11 bits per heavy atom. The Balaban J connectivity index is 1.95. The fourth-order valence-corrected chi connectivity index (χ4v) is 2.60. The van der Waals surface area contributed by atoms with Gasteiger partial charge in [-0.25, -0.2) is 0 Å². The van der Waals surface area contributed by atoms with Crippen LogP contribution in [0.1, 0.15) is 24.6 Å². The van der Waals surface area contributed by atoms with Gasteiger partial charge < -0.3 is 9.30 Å². The molecule has 2 aromatic rings. The van der Waals surface area contributed by atoms with E-state index in [1.54, 1.807) is 0 Å². The van der Waals surface area contributed by atoms with Crippen molar-refractivity contribution in [1.82, 2.24) is 9.55 Å². The molecule has 0 unspecified atom stereocenters. The third kappa shape index (κ3) is 2.18. The predicted molar refractivity (Wildman–Crippen MR) is 71.5 cm³/mol. The minimum Gasteiger partial charge on any atom is -0.379 e. The molecule has 3 heterocycles. The van der Waals surface area contributed by atoms with Crippen LogP contribution in [0.3, 0.4) is 0 Å². The minimum atomic E-state index is 0.470. The number of rotatable bonds is 2. The molecule has 0 aliphatic carbocycles. The van der Waals surface area contributed by atoms with Gasteiger partial charge in [0.25, 0.3) is 0 Å². The largest absolute Gasteiger partial charge is 0.379 e. The van der Waals surface area contributed by atoms with E-state index in [0.717, 1.165) is 25.3 Å². The van der Waals surface area contributed by atoms with Crippen molar-refractivity contribution >= 4 is 0 Å². The molecule has 3 heteroatoms. The zero-order valence-electron chi connectivity index (χ0n) is 10.7. The zero-order chi connectivity index (χ0) is 12.4. The normalized spacial score (nSPS) is 19.9. The van der Waals surface area contributed by atoms with Gasteiger partial charge in [0, 0.05) is 36.0 Å². The van der Waals surface area contributed by atoms with Gasteiger partial charge in [-0.2, -0.15) is 0 Å². The molecule has 2 aromatic heterocycles. The van der Waals surface area contributed by atoms with Crippen molar-refractivity contribution in [3.8, 4) is 11.3 Å². The van der Waals surface area contributed by atoms with Crippen LogP contribution in [0.25, 0.3) is 11.3 Å². The van der Waals surface area contributed by atoms with Crippen LogP contribution >= 0.6 is 0 Å². The van der Waals surface area contributed by atoms with E-state index in [0.29, 0.717) is 6.04 Å². The summed E-state index contributed by atoms with van der Waals surface area (Å²) in [5.74, 6) is 0. The maximum Gasteiger partial charge on any atom is 0.0673 e. The van der Waals surface area contributed by atoms with Crippen molar-refractivity contribution in [2.45, 2.75) is 25.8 Å². The summed E-state index contributed by atoms with van der Waals surface area (Å²) in [6.07, 6.45) is 6.38. The molecule has 1 atom stereocenters. The summed E-state index contributed by atoms with van der Waals surface area (Å²) < 4.78 is 7.93. The second-order valence-corrected chi connectivity index (χ2v) is 4.86. The second kappa shape index (κ2) is 4.94. The van der Waals surface area contributed by atoms with Crippen molar-refractivity contribution in [2.24, 2.45) is 0 Å². The lowest BCUT2D eigenvalue weighted by Gasteiger charge is -2.25. The van der Waals surface area contributed by atoms with Gasteiger partial charge in [0.15, 0.2) is 0 Å². The van der Waals surface area contributed by atoms with Crippen LogP contribution in [0.2, 0.25) is 0 Å². The maximum absolute atomic E-state index is 5.59. The van der Waals surface area contributed by atoms with Crippen molar-refractivity contribution in [1.29, 1.82) is 0 Å². The van der Waals surface area contributed by atoms with Crippen molar-refractivity contribution in [2.75, 3.05) is 13.2 Å². The van der Waals surface area contributed by atoms with Gasteiger partial charge in [-0.05, 0) is 44.0 Å². The van der Waals surface area contributed by atoms with Crippen LogP contribution in [-0.4, -0.2) is 22.8 Å². The predicted octanol–water partition coefficient (Wildman–Crippen LogP) is 3.21. The lowest BCUT2D eigenvalue weighted by Crippen LogP contribution is -2.21. The summed E-state index contributed by atoms with van der Waals surface area (Å²) in [4.78, 5) is 4.26. The summed E-state index contributed by atoms with van der Waals surface area (Å²) in [5.41, 5.74) is 3.55. The third-order valence-electron chi connectivity index (χ3n) is 3.50. The molecule has 0 bridgehead atoms. The van der Waals surface area contributed by atoms with E-state index in [-0.39, 0.29) is 0 Å². The van der Waals surface area contributed by atoms with Crippen molar-refractivity contribution < 1.29 is 4.74 Å². The Labute approximate surface area is 107 Å². The summed E-state index contributed by atoms with van der Waals surface area (Å²) in [5, 5.41) is 0. The number of pyridine rings is 1. The fourth-order valence-electron chi connectivity index (χ4n) is 2.60. The summed E-state index contributed by atoms with van der Waals surface area (Å²) in [6, 6.07) is 8.96. The molecular weight excluding hydrogens is 224 g/mol. The fraction of sp³-hybridized carbons (Fsp3) is 0.400. The Hall–Kier alpha value is -1.61. The van der Waals surface area contributed by atoms with Crippen LogP contribution in [0.15, 0.2) is 36.7 Å². The van der Waals surface area contributed by atoms with Gasteiger partial charge in [-0.15, -0.1) is 0 Å². The highest BCUT2D eigenvalue weighted by Gasteiger charge is 2.18. The van der Waals surface area contributed by atoms with E-state index in [1.807, 2.05) is 13.1 Å². The van der Waals surface area contributed by atoms with E-state index in [2.05, 4.69) is 40.0 Å². The summed E-state index contributed by atoms with van der Waals surface area (Å²) in [7, 11) is 0. The average Bonchev–Trinajstić information content (AvgIpc) is 2.89. The molecule has 0 saturated carbocycles. The molecule has 1 saturated heterocycles. The van der Waals surface area contributed by atoms with Gasteiger partial charge in [-0.3, -0.25) is 4.98 Å². The SMILES string of the molecule is Cc1cc(-c2cccn2[C@H]2CCCOC2)ccn1. The van der Waals surface area contributed by atoms with Crippen molar-refractivity contribution in [3.05, 3.63) is 42.4 Å². The molecule has 0 amide bonds. The van der Waals surface area contributed by atoms with E-state index in [4.69, 9.17) is 4.74 Å². The number of hydrogen-bond acceptors (Lipinski definition) is 2. The molecule has 3 rings (SSSR count). The number of aryl methyl sites for hydroxylation is 1. The van der Waals surface area contributed by atoms with Gasteiger partial charge in [0.05, 0.1) is 12.6 Å². The molecule has 18 heavy (non-hydrogen) atoms. The van der Waals surface area contributed by atoms with E-state index in [9.17, 15) is 0 Å². The molecule has 0 radical (unpaired) electrons. The molecule has 0 aromatic carbocycles. The first-order valence-corrected chi connectivity index (χ1v) is 6.52.